The minimum Gasteiger partial charge on any atom is -0.341 e. The zero-order valence-electron chi connectivity index (χ0n) is 15.7. The van der Waals surface area contributed by atoms with Crippen LogP contribution in [0.25, 0.3) is 10.9 Å². The fourth-order valence-electron chi connectivity index (χ4n) is 3.66. The maximum Gasteiger partial charge on any atom is 0.274 e. The lowest BCUT2D eigenvalue weighted by atomic mass is 10.2. The number of carbonyl (C=O) groups excluding carboxylic acids is 1. The van der Waals surface area contributed by atoms with Gasteiger partial charge in [0.25, 0.3) is 5.91 Å². The van der Waals surface area contributed by atoms with Gasteiger partial charge in [-0.25, -0.2) is 0 Å². The van der Waals surface area contributed by atoms with E-state index >= 15 is 0 Å². The number of nitrogens with zero attached hydrogens (tertiary/aromatic N) is 5. The largest absolute Gasteiger partial charge is 0.341 e. The Morgan fingerprint density at radius 1 is 1.29 bits per heavy atom. The van der Waals surface area contributed by atoms with E-state index in [-0.39, 0.29) is 5.91 Å². The summed E-state index contributed by atoms with van der Waals surface area (Å²) in [5.74, 6) is -0.0220. The van der Waals surface area contributed by atoms with Gasteiger partial charge in [0.2, 0.25) is 0 Å². The Labute approximate surface area is 162 Å². The van der Waals surface area contributed by atoms with Crippen LogP contribution in [0.3, 0.4) is 0 Å². The third kappa shape index (κ3) is 3.19. The summed E-state index contributed by atoms with van der Waals surface area (Å²) in [5, 5.41) is 12.8. The van der Waals surface area contributed by atoms with Crippen LogP contribution < -0.4 is 0 Å². The van der Waals surface area contributed by atoms with Gasteiger partial charge in [0.05, 0.1) is 18.4 Å². The second-order valence-electron chi connectivity index (χ2n) is 7.47. The number of aromatic nitrogens is 5. The molecule has 1 aliphatic rings. The Hall–Kier alpha value is -3.35. The van der Waals surface area contributed by atoms with Crippen molar-refractivity contribution in [3.8, 4) is 0 Å². The van der Waals surface area contributed by atoms with Gasteiger partial charge in [0.1, 0.15) is 5.69 Å². The molecule has 0 saturated heterocycles. The van der Waals surface area contributed by atoms with Crippen molar-refractivity contribution in [1.82, 2.24) is 29.4 Å². The first kappa shape index (κ1) is 16.8. The Morgan fingerprint density at radius 3 is 2.93 bits per heavy atom. The number of nitrogens with one attached hydrogen (secondary N) is 1. The topological polar surface area (TPSA) is 71.7 Å². The van der Waals surface area contributed by atoms with Crippen LogP contribution in [0, 0.1) is 0 Å². The second-order valence-corrected chi connectivity index (χ2v) is 7.47. The lowest BCUT2D eigenvalue weighted by molar-refractivity contribution is 0.0724. The predicted molar refractivity (Wildman–Crippen MR) is 106 cm³/mol. The highest BCUT2D eigenvalue weighted by Gasteiger charge is 2.34. The first-order chi connectivity index (χ1) is 13.7. The van der Waals surface area contributed by atoms with Crippen LogP contribution >= 0.6 is 0 Å². The molecule has 1 saturated carbocycles. The first-order valence-corrected chi connectivity index (χ1v) is 9.54. The number of hydrogen-bond acceptors (Lipinski definition) is 3. The molecule has 1 aromatic carbocycles. The van der Waals surface area contributed by atoms with E-state index in [1.165, 1.54) is 10.9 Å². The number of fused-ring (bicyclic) bond motifs is 1. The lowest BCUT2D eigenvalue weighted by Crippen LogP contribution is -2.32. The second kappa shape index (κ2) is 6.67. The minimum atomic E-state index is -0.0220. The van der Waals surface area contributed by atoms with Crippen molar-refractivity contribution in [2.45, 2.75) is 32.0 Å². The van der Waals surface area contributed by atoms with Gasteiger partial charge in [-0.05, 0) is 36.4 Å². The van der Waals surface area contributed by atoms with E-state index in [0.29, 0.717) is 24.8 Å². The van der Waals surface area contributed by atoms with Crippen LogP contribution in [0.4, 0.5) is 0 Å². The molecule has 1 N–H and O–H groups in total. The zero-order valence-corrected chi connectivity index (χ0v) is 15.7. The number of rotatable bonds is 6. The van der Waals surface area contributed by atoms with E-state index < -0.39 is 0 Å². The van der Waals surface area contributed by atoms with E-state index in [0.717, 1.165) is 24.1 Å². The highest BCUT2D eigenvalue weighted by Crippen LogP contribution is 2.29. The van der Waals surface area contributed by atoms with Gasteiger partial charge >= 0.3 is 0 Å². The van der Waals surface area contributed by atoms with Crippen molar-refractivity contribution in [3.05, 3.63) is 71.9 Å². The summed E-state index contributed by atoms with van der Waals surface area (Å²) in [7, 11) is 1.89. The van der Waals surface area contributed by atoms with Gasteiger partial charge in [-0.1, -0.05) is 18.2 Å². The summed E-state index contributed by atoms with van der Waals surface area (Å²) < 4.78 is 3.92. The fraction of sp³-hybridized carbons (Fsp3) is 0.286. The maximum absolute atomic E-state index is 13.1. The lowest BCUT2D eigenvalue weighted by Gasteiger charge is -2.20. The Morgan fingerprint density at radius 2 is 2.14 bits per heavy atom. The maximum atomic E-state index is 13.1. The third-order valence-corrected chi connectivity index (χ3v) is 5.23. The summed E-state index contributed by atoms with van der Waals surface area (Å²) in [4.78, 5) is 15.0. The molecule has 0 radical (unpaired) electrons. The van der Waals surface area contributed by atoms with E-state index in [1.54, 1.807) is 4.68 Å². The van der Waals surface area contributed by atoms with Crippen LogP contribution in [0.15, 0.2) is 55.0 Å². The molecule has 5 rings (SSSR count). The van der Waals surface area contributed by atoms with Gasteiger partial charge in [-0.3, -0.25) is 14.6 Å². The monoisotopic (exact) mass is 374 g/mol. The van der Waals surface area contributed by atoms with Crippen molar-refractivity contribution >= 4 is 16.8 Å². The number of amides is 1. The van der Waals surface area contributed by atoms with Crippen LogP contribution in [-0.2, 0) is 20.1 Å². The number of aromatic amines is 1. The molecule has 3 aromatic heterocycles. The molecule has 3 heterocycles. The highest BCUT2D eigenvalue weighted by molar-refractivity contribution is 5.92. The highest BCUT2D eigenvalue weighted by atomic mass is 16.2. The summed E-state index contributed by atoms with van der Waals surface area (Å²) in [6, 6.07) is 12.5. The summed E-state index contributed by atoms with van der Waals surface area (Å²) in [5.41, 5.74) is 3.60. The molecule has 142 valence electrons. The van der Waals surface area contributed by atoms with Crippen molar-refractivity contribution < 1.29 is 4.79 Å². The Balaban J connectivity index is 1.35. The molecule has 0 unspecified atom stereocenters. The average Bonchev–Trinajstić information content (AvgIpc) is 3.10. The molecule has 1 fully saturated rings. The van der Waals surface area contributed by atoms with Gasteiger partial charge in [0, 0.05) is 43.1 Å². The summed E-state index contributed by atoms with van der Waals surface area (Å²) in [6.45, 7) is 1.22. The molecule has 0 aliphatic heterocycles. The normalized spacial score (nSPS) is 13.9. The van der Waals surface area contributed by atoms with Crippen molar-refractivity contribution in [3.63, 3.8) is 0 Å². The average molecular weight is 374 g/mol. The van der Waals surface area contributed by atoms with E-state index in [4.69, 9.17) is 0 Å². The third-order valence-electron chi connectivity index (χ3n) is 5.23. The molecule has 1 aliphatic carbocycles. The van der Waals surface area contributed by atoms with Crippen LogP contribution in [0.1, 0.15) is 34.6 Å². The van der Waals surface area contributed by atoms with Gasteiger partial charge in [-0.2, -0.15) is 10.2 Å². The van der Waals surface area contributed by atoms with Crippen LogP contribution in [-0.4, -0.2) is 41.4 Å². The molecule has 7 nitrogen and oxygen atoms in total. The minimum absolute atomic E-state index is 0.0220. The molecule has 0 bridgehead atoms. The van der Waals surface area contributed by atoms with Gasteiger partial charge in [-0.15, -0.1) is 0 Å². The van der Waals surface area contributed by atoms with Crippen LogP contribution in [0.5, 0.6) is 0 Å². The van der Waals surface area contributed by atoms with E-state index in [2.05, 4.69) is 44.3 Å². The van der Waals surface area contributed by atoms with Crippen LogP contribution in [0.2, 0.25) is 0 Å². The predicted octanol–water partition coefficient (Wildman–Crippen LogP) is 2.95. The Kier molecular flexibility index (Phi) is 4.00. The number of hydrogen-bond donors (Lipinski definition) is 1. The number of aryl methyl sites for hydroxylation is 1. The quantitative estimate of drug-likeness (QED) is 0.564. The molecule has 4 aromatic rings. The zero-order chi connectivity index (χ0) is 19.1. The Bertz CT molecular complexity index is 1130. The molecular formula is C21H22N6O. The van der Waals surface area contributed by atoms with Crippen molar-refractivity contribution in [2.75, 3.05) is 0 Å². The number of carbonyl (C=O) groups is 1. The standard InChI is InChI=1S/C21H22N6O/c1-25-12-15(11-22-25)13-27(18-6-7-18)21(28)19-10-17(23-24-19)14-26-9-8-16-4-2-3-5-20(16)26/h2-5,8-12,18H,6-7,13-14H2,1H3,(H,23,24). The first-order valence-electron chi connectivity index (χ1n) is 9.54. The SMILES string of the molecule is Cn1cc(CN(C(=O)c2cc(Cn3ccc4ccccc43)[nH]n2)C2CC2)cn1. The molecule has 28 heavy (non-hydrogen) atoms. The summed E-state index contributed by atoms with van der Waals surface area (Å²) >= 11 is 0. The number of H-pyrrole nitrogens is 1. The number of para-hydroxylation sites is 1. The smallest absolute Gasteiger partial charge is 0.274 e. The van der Waals surface area contributed by atoms with Gasteiger partial charge < -0.3 is 9.47 Å². The van der Waals surface area contributed by atoms with Gasteiger partial charge in [0.15, 0.2) is 0 Å². The van der Waals surface area contributed by atoms with Crippen molar-refractivity contribution in [2.24, 2.45) is 7.05 Å². The molecule has 0 spiro atoms. The van der Waals surface area contributed by atoms with Crippen molar-refractivity contribution in [1.29, 1.82) is 0 Å². The van der Waals surface area contributed by atoms with E-state index in [9.17, 15) is 4.79 Å². The summed E-state index contributed by atoms with van der Waals surface area (Å²) in [6.07, 6.45) is 7.94. The molecule has 1 amide bonds. The fourth-order valence-corrected chi connectivity index (χ4v) is 3.66. The van der Waals surface area contributed by atoms with E-state index in [1.807, 2.05) is 42.5 Å². The molecule has 7 heteroatoms. The molecular weight excluding hydrogens is 352 g/mol. The molecule has 0 atom stereocenters. The number of benzene rings is 1.